The number of hydrogen-bond acceptors (Lipinski definition) is 6. The first kappa shape index (κ1) is 23.6. The molecule has 0 unspecified atom stereocenters. The Bertz CT molecular complexity index is 1040. The fourth-order valence-corrected chi connectivity index (χ4v) is 3.67. The first-order valence-corrected chi connectivity index (χ1v) is 10.7. The Morgan fingerprint density at radius 1 is 1.16 bits per heavy atom. The summed E-state index contributed by atoms with van der Waals surface area (Å²) in [6.45, 7) is 4.39. The molecule has 0 aliphatic heterocycles. The molecule has 1 amide bonds. The van der Waals surface area contributed by atoms with E-state index in [1.54, 1.807) is 0 Å². The van der Waals surface area contributed by atoms with E-state index in [0.717, 1.165) is 35.5 Å². The Morgan fingerprint density at radius 3 is 2.50 bits per heavy atom. The zero-order valence-corrected chi connectivity index (χ0v) is 18.3. The van der Waals surface area contributed by atoms with E-state index in [4.69, 9.17) is 4.74 Å². The maximum atomic E-state index is 12.8. The maximum Gasteiger partial charge on any atom is 0.417 e. The van der Waals surface area contributed by atoms with Crippen LogP contribution in [0.5, 0.6) is 5.75 Å². The molecule has 2 aromatic heterocycles. The molecule has 0 atom stereocenters. The smallest absolute Gasteiger partial charge is 0.417 e. The Balaban J connectivity index is 1.86. The molecule has 0 saturated heterocycles. The predicted molar refractivity (Wildman–Crippen MR) is 113 cm³/mol. The van der Waals surface area contributed by atoms with E-state index in [2.05, 4.69) is 20.5 Å². The van der Waals surface area contributed by atoms with Gasteiger partial charge in [0.2, 0.25) is 11.1 Å². The monoisotopic (exact) mass is 465 g/mol. The molecule has 11 heteroatoms. The third kappa shape index (κ3) is 6.22. The topological polar surface area (TPSA) is 81.9 Å². The van der Waals surface area contributed by atoms with Crippen LogP contribution in [0.3, 0.4) is 0 Å². The number of carbonyl (C=O) groups excluding carboxylic acids is 1. The first-order chi connectivity index (χ1) is 15.3. The molecular formula is C21H22F3N5O2S. The number of nitrogens with one attached hydrogen (secondary N) is 1. The fourth-order valence-electron chi connectivity index (χ4n) is 2.86. The van der Waals surface area contributed by atoms with Gasteiger partial charge in [-0.25, -0.2) is 4.98 Å². The third-order valence-electron chi connectivity index (χ3n) is 4.32. The zero-order valence-electron chi connectivity index (χ0n) is 17.5. The van der Waals surface area contributed by atoms with Crippen LogP contribution in [-0.2, 0) is 17.4 Å². The SMILES string of the molecule is CCOc1ccc(-n2c(CCCNC(C)=O)nnc2Sc2ccc(C(F)(F)F)cn2)cc1. The van der Waals surface area contributed by atoms with Gasteiger partial charge in [-0.3, -0.25) is 9.36 Å². The van der Waals surface area contributed by atoms with E-state index in [1.165, 1.54) is 13.0 Å². The van der Waals surface area contributed by atoms with Crippen molar-refractivity contribution in [3.63, 3.8) is 0 Å². The lowest BCUT2D eigenvalue weighted by atomic mass is 10.2. The van der Waals surface area contributed by atoms with Gasteiger partial charge in [-0.15, -0.1) is 10.2 Å². The summed E-state index contributed by atoms with van der Waals surface area (Å²) in [4.78, 5) is 15.0. The maximum absolute atomic E-state index is 12.8. The number of carbonyl (C=O) groups is 1. The molecule has 0 spiro atoms. The average Bonchev–Trinajstić information content (AvgIpc) is 3.14. The van der Waals surface area contributed by atoms with E-state index in [1.807, 2.05) is 35.8 Å². The van der Waals surface area contributed by atoms with Gasteiger partial charge in [0.05, 0.1) is 12.2 Å². The van der Waals surface area contributed by atoms with Gasteiger partial charge in [-0.2, -0.15) is 13.2 Å². The van der Waals surface area contributed by atoms with Crippen LogP contribution in [0, 0.1) is 0 Å². The summed E-state index contributed by atoms with van der Waals surface area (Å²) in [6.07, 6.45) is -2.45. The Hall–Kier alpha value is -3.08. The predicted octanol–water partition coefficient (Wildman–Crippen LogP) is 4.30. The van der Waals surface area contributed by atoms with E-state index >= 15 is 0 Å². The summed E-state index contributed by atoms with van der Waals surface area (Å²) < 4.78 is 45.7. The van der Waals surface area contributed by atoms with Crippen molar-refractivity contribution in [2.75, 3.05) is 13.2 Å². The molecule has 170 valence electrons. The summed E-state index contributed by atoms with van der Waals surface area (Å²) in [5.41, 5.74) is -0.0316. The van der Waals surface area contributed by atoms with Gasteiger partial charge >= 0.3 is 6.18 Å². The van der Waals surface area contributed by atoms with Crippen molar-refractivity contribution in [3.8, 4) is 11.4 Å². The van der Waals surface area contributed by atoms with E-state index in [9.17, 15) is 18.0 Å². The number of hydrogen-bond donors (Lipinski definition) is 1. The van der Waals surface area contributed by atoms with Crippen LogP contribution in [0.4, 0.5) is 13.2 Å². The van der Waals surface area contributed by atoms with Crippen LogP contribution >= 0.6 is 11.8 Å². The van der Waals surface area contributed by atoms with Crippen LogP contribution in [0.25, 0.3) is 5.69 Å². The van der Waals surface area contributed by atoms with Crippen molar-refractivity contribution in [1.29, 1.82) is 0 Å². The van der Waals surface area contributed by atoms with Crippen molar-refractivity contribution >= 4 is 17.7 Å². The summed E-state index contributed by atoms with van der Waals surface area (Å²) in [5.74, 6) is 1.27. The lowest BCUT2D eigenvalue weighted by molar-refractivity contribution is -0.137. The number of nitrogens with zero attached hydrogens (tertiary/aromatic N) is 4. The molecule has 1 aromatic carbocycles. The van der Waals surface area contributed by atoms with Gasteiger partial charge in [0.1, 0.15) is 16.6 Å². The molecule has 1 N–H and O–H groups in total. The molecule has 0 radical (unpaired) electrons. The molecule has 7 nitrogen and oxygen atoms in total. The second-order valence-corrected chi connectivity index (χ2v) is 7.72. The molecule has 3 rings (SSSR count). The standard InChI is InChI=1S/C21H22F3N5O2S/c1-3-31-17-9-7-16(8-10-17)29-18(5-4-12-25-14(2)30)27-28-20(29)32-19-11-6-15(13-26-19)21(22,23)24/h6-11,13H,3-5,12H2,1-2H3,(H,25,30). The quantitative estimate of drug-likeness (QED) is 0.475. The van der Waals surface area contributed by atoms with Crippen molar-refractivity contribution < 1.29 is 22.7 Å². The number of aryl methyl sites for hydroxylation is 1. The third-order valence-corrected chi connectivity index (χ3v) is 5.21. The Kier molecular flexibility index (Phi) is 7.73. The van der Waals surface area contributed by atoms with Crippen molar-refractivity contribution in [2.24, 2.45) is 0 Å². The van der Waals surface area contributed by atoms with Crippen LogP contribution in [0.1, 0.15) is 31.7 Å². The zero-order chi connectivity index (χ0) is 23.1. The Morgan fingerprint density at radius 2 is 1.91 bits per heavy atom. The first-order valence-electron chi connectivity index (χ1n) is 9.91. The number of amides is 1. The number of pyridine rings is 1. The molecule has 0 aliphatic rings. The fraction of sp³-hybridized carbons (Fsp3) is 0.333. The van der Waals surface area contributed by atoms with Crippen LogP contribution in [0.15, 0.2) is 52.8 Å². The molecule has 0 saturated carbocycles. The molecule has 32 heavy (non-hydrogen) atoms. The Labute approximate surface area is 187 Å². The van der Waals surface area contributed by atoms with Crippen LogP contribution in [-0.4, -0.2) is 38.8 Å². The van der Waals surface area contributed by atoms with Crippen molar-refractivity contribution in [2.45, 2.75) is 43.0 Å². The largest absolute Gasteiger partial charge is 0.494 e. The van der Waals surface area contributed by atoms with Crippen LogP contribution < -0.4 is 10.1 Å². The number of rotatable bonds is 9. The lowest BCUT2D eigenvalue weighted by Gasteiger charge is -2.12. The highest BCUT2D eigenvalue weighted by atomic mass is 32.2. The molecule has 0 aliphatic carbocycles. The molecule has 2 heterocycles. The van der Waals surface area contributed by atoms with Gasteiger partial charge < -0.3 is 10.1 Å². The minimum absolute atomic E-state index is 0.109. The normalized spacial score (nSPS) is 11.4. The van der Waals surface area contributed by atoms with Crippen molar-refractivity contribution in [3.05, 3.63) is 54.0 Å². The van der Waals surface area contributed by atoms with Gasteiger partial charge in [0.15, 0.2) is 0 Å². The minimum atomic E-state index is -4.44. The number of benzene rings is 1. The molecule has 0 bridgehead atoms. The number of halogens is 3. The average molecular weight is 466 g/mol. The van der Waals surface area contributed by atoms with Crippen molar-refractivity contribution in [1.82, 2.24) is 25.1 Å². The van der Waals surface area contributed by atoms with Gasteiger partial charge in [0, 0.05) is 31.8 Å². The summed E-state index contributed by atoms with van der Waals surface area (Å²) in [5, 5.41) is 12.1. The second kappa shape index (κ2) is 10.5. The van der Waals surface area contributed by atoms with Crippen LogP contribution in [0.2, 0.25) is 0 Å². The highest BCUT2D eigenvalue weighted by Crippen LogP contribution is 2.32. The summed E-state index contributed by atoms with van der Waals surface area (Å²) >= 11 is 1.12. The lowest BCUT2D eigenvalue weighted by Crippen LogP contribution is -2.21. The minimum Gasteiger partial charge on any atom is -0.494 e. The highest BCUT2D eigenvalue weighted by Gasteiger charge is 2.30. The van der Waals surface area contributed by atoms with Gasteiger partial charge in [0.25, 0.3) is 0 Å². The molecular weight excluding hydrogens is 443 g/mol. The van der Waals surface area contributed by atoms with Gasteiger partial charge in [-0.05, 0) is 61.5 Å². The second-order valence-electron chi connectivity index (χ2n) is 6.73. The summed E-state index contributed by atoms with van der Waals surface area (Å²) in [7, 11) is 0. The van der Waals surface area contributed by atoms with E-state index < -0.39 is 11.7 Å². The van der Waals surface area contributed by atoms with E-state index in [-0.39, 0.29) is 5.91 Å². The molecule has 3 aromatic rings. The number of aromatic nitrogens is 4. The summed E-state index contributed by atoms with van der Waals surface area (Å²) in [6, 6.07) is 9.66. The molecule has 0 fully saturated rings. The van der Waals surface area contributed by atoms with Gasteiger partial charge in [-0.1, -0.05) is 0 Å². The van der Waals surface area contributed by atoms with E-state index in [0.29, 0.717) is 42.0 Å². The highest BCUT2D eigenvalue weighted by molar-refractivity contribution is 7.99. The number of ether oxygens (including phenoxy) is 1. The number of alkyl halides is 3.